The summed E-state index contributed by atoms with van der Waals surface area (Å²) in [5.41, 5.74) is 0.471. The number of rotatable bonds is 3. The SMILES string of the molecule is CN1CCN(C(=O)c2cc(N3CCN(c4ncccn4)CC3)ncn2)CC1. The monoisotopic (exact) mass is 368 g/mol. The first-order valence-corrected chi connectivity index (χ1v) is 9.27. The summed E-state index contributed by atoms with van der Waals surface area (Å²) in [6.07, 6.45) is 5.01. The summed E-state index contributed by atoms with van der Waals surface area (Å²) in [5.74, 6) is 1.55. The Kier molecular flexibility index (Phi) is 5.10. The third kappa shape index (κ3) is 3.97. The van der Waals surface area contributed by atoms with Gasteiger partial charge in [0.15, 0.2) is 0 Å². The van der Waals surface area contributed by atoms with E-state index in [4.69, 9.17) is 0 Å². The van der Waals surface area contributed by atoms with E-state index in [2.05, 4.69) is 41.7 Å². The molecule has 0 spiro atoms. The van der Waals surface area contributed by atoms with E-state index in [1.54, 1.807) is 12.4 Å². The van der Waals surface area contributed by atoms with Crippen LogP contribution in [0.4, 0.5) is 11.8 Å². The molecule has 142 valence electrons. The minimum Gasteiger partial charge on any atom is -0.353 e. The molecule has 2 saturated heterocycles. The maximum Gasteiger partial charge on any atom is 0.272 e. The van der Waals surface area contributed by atoms with E-state index in [0.29, 0.717) is 5.69 Å². The van der Waals surface area contributed by atoms with Gasteiger partial charge in [0.25, 0.3) is 5.91 Å². The summed E-state index contributed by atoms with van der Waals surface area (Å²) in [6.45, 7) is 6.51. The van der Waals surface area contributed by atoms with Gasteiger partial charge in [0.1, 0.15) is 17.8 Å². The van der Waals surface area contributed by atoms with Gasteiger partial charge in [-0.15, -0.1) is 0 Å². The number of aromatic nitrogens is 4. The molecular formula is C18H24N8O. The standard InChI is InChI=1S/C18H24N8O/c1-23-5-7-25(8-6-23)17(27)15-13-16(22-14-21-15)24-9-11-26(12-10-24)18-19-3-2-4-20-18/h2-4,13-14H,5-12H2,1H3. The summed E-state index contributed by atoms with van der Waals surface area (Å²) in [4.78, 5) is 38.4. The van der Waals surface area contributed by atoms with E-state index in [-0.39, 0.29) is 5.91 Å². The van der Waals surface area contributed by atoms with Gasteiger partial charge in [-0.1, -0.05) is 0 Å². The second-order valence-corrected chi connectivity index (χ2v) is 6.88. The predicted molar refractivity (Wildman–Crippen MR) is 102 cm³/mol. The molecule has 9 heteroatoms. The van der Waals surface area contributed by atoms with Gasteiger partial charge in [-0.2, -0.15) is 0 Å². The van der Waals surface area contributed by atoms with Gasteiger partial charge in [0.2, 0.25) is 5.95 Å². The minimum atomic E-state index is -0.0110. The average molecular weight is 368 g/mol. The fraction of sp³-hybridized carbons (Fsp3) is 0.500. The Balaban J connectivity index is 1.40. The molecule has 1 amide bonds. The van der Waals surface area contributed by atoms with Crippen molar-refractivity contribution in [2.75, 3.05) is 69.2 Å². The van der Waals surface area contributed by atoms with Crippen LogP contribution in [0.1, 0.15) is 10.5 Å². The van der Waals surface area contributed by atoms with E-state index < -0.39 is 0 Å². The first-order chi connectivity index (χ1) is 13.2. The van der Waals surface area contributed by atoms with Crippen molar-refractivity contribution in [3.05, 3.63) is 36.5 Å². The Hall–Kier alpha value is -2.81. The maximum atomic E-state index is 12.8. The molecule has 0 radical (unpaired) electrons. The van der Waals surface area contributed by atoms with E-state index in [0.717, 1.165) is 64.1 Å². The molecule has 0 unspecified atom stereocenters. The van der Waals surface area contributed by atoms with Crippen molar-refractivity contribution in [1.82, 2.24) is 29.7 Å². The highest BCUT2D eigenvalue weighted by Gasteiger charge is 2.24. The van der Waals surface area contributed by atoms with Crippen LogP contribution in [0.15, 0.2) is 30.9 Å². The summed E-state index contributed by atoms with van der Waals surface area (Å²) in [5, 5.41) is 0. The summed E-state index contributed by atoms with van der Waals surface area (Å²) < 4.78 is 0. The third-order valence-corrected chi connectivity index (χ3v) is 5.10. The van der Waals surface area contributed by atoms with Crippen molar-refractivity contribution in [2.24, 2.45) is 0 Å². The lowest BCUT2D eigenvalue weighted by Crippen LogP contribution is -2.48. The van der Waals surface area contributed by atoms with Crippen LogP contribution in [-0.4, -0.2) is 95.0 Å². The molecule has 0 aromatic carbocycles. The van der Waals surface area contributed by atoms with Gasteiger partial charge in [0.05, 0.1) is 0 Å². The highest BCUT2D eigenvalue weighted by Crippen LogP contribution is 2.17. The van der Waals surface area contributed by atoms with E-state index in [9.17, 15) is 4.79 Å². The second-order valence-electron chi connectivity index (χ2n) is 6.88. The van der Waals surface area contributed by atoms with Crippen molar-refractivity contribution in [1.29, 1.82) is 0 Å². The van der Waals surface area contributed by atoms with Crippen molar-refractivity contribution in [3.8, 4) is 0 Å². The van der Waals surface area contributed by atoms with Gasteiger partial charge in [0, 0.05) is 70.8 Å². The summed E-state index contributed by atoms with van der Waals surface area (Å²) in [6, 6.07) is 3.63. The van der Waals surface area contributed by atoms with Crippen LogP contribution >= 0.6 is 0 Å². The third-order valence-electron chi connectivity index (χ3n) is 5.10. The molecule has 4 heterocycles. The van der Waals surface area contributed by atoms with Gasteiger partial charge in [-0.05, 0) is 13.1 Å². The molecule has 2 aromatic rings. The van der Waals surface area contributed by atoms with Crippen molar-refractivity contribution >= 4 is 17.7 Å². The highest BCUT2D eigenvalue weighted by molar-refractivity contribution is 5.93. The van der Waals surface area contributed by atoms with Crippen LogP contribution in [0.3, 0.4) is 0 Å². The number of nitrogens with zero attached hydrogens (tertiary/aromatic N) is 8. The zero-order valence-corrected chi connectivity index (χ0v) is 15.5. The number of hydrogen-bond donors (Lipinski definition) is 0. The van der Waals surface area contributed by atoms with E-state index >= 15 is 0 Å². The van der Waals surface area contributed by atoms with Crippen molar-refractivity contribution in [2.45, 2.75) is 0 Å². The van der Waals surface area contributed by atoms with Crippen LogP contribution in [0.2, 0.25) is 0 Å². The number of carbonyl (C=O) groups is 1. The smallest absolute Gasteiger partial charge is 0.272 e. The van der Waals surface area contributed by atoms with E-state index in [1.807, 2.05) is 17.0 Å². The number of anilines is 2. The fourth-order valence-electron chi connectivity index (χ4n) is 3.40. The molecule has 2 aliphatic rings. The molecule has 0 bridgehead atoms. The fourth-order valence-corrected chi connectivity index (χ4v) is 3.40. The Morgan fingerprint density at radius 3 is 2.22 bits per heavy atom. The highest BCUT2D eigenvalue weighted by atomic mass is 16.2. The lowest BCUT2D eigenvalue weighted by molar-refractivity contribution is 0.0658. The van der Waals surface area contributed by atoms with Crippen LogP contribution in [0.25, 0.3) is 0 Å². The topological polar surface area (TPSA) is 81.6 Å². The predicted octanol–water partition coefficient (Wildman–Crippen LogP) is -0.0192. The van der Waals surface area contributed by atoms with Crippen LogP contribution in [0.5, 0.6) is 0 Å². The Labute approximate surface area is 158 Å². The lowest BCUT2D eigenvalue weighted by Gasteiger charge is -2.35. The molecule has 2 fully saturated rings. The normalized spacial score (nSPS) is 18.6. The zero-order valence-electron chi connectivity index (χ0n) is 15.5. The molecule has 0 N–H and O–H groups in total. The summed E-state index contributed by atoms with van der Waals surface area (Å²) >= 11 is 0. The van der Waals surface area contributed by atoms with Gasteiger partial charge in [-0.3, -0.25) is 4.79 Å². The first kappa shape index (κ1) is 17.6. The molecule has 0 atom stereocenters. The van der Waals surface area contributed by atoms with Gasteiger partial charge >= 0.3 is 0 Å². The second kappa shape index (κ2) is 7.83. The largest absolute Gasteiger partial charge is 0.353 e. The first-order valence-electron chi connectivity index (χ1n) is 9.27. The lowest BCUT2D eigenvalue weighted by atomic mass is 10.2. The Morgan fingerprint density at radius 2 is 1.52 bits per heavy atom. The maximum absolute atomic E-state index is 12.8. The molecule has 9 nitrogen and oxygen atoms in total. The number of carbonyl (C=O) groups excluding carboxylic acids is 1. The number of piperazine rings is 2. The molecule has 2 aromatic heterocycles. The van der Waals surface area contributed by atoms with Crippen LogP contribution in [0, 0.1) is 0 Å². The Bertz CT molecular complexity index is 770. The molecule has 0 saturated carbocycles. The molecule has 4 rings (SSSR count). The quantitative estimate of drug-likeness (QED) is 0.748. The molecular weight excluding hydrogens is 344 g/mol. The minimum absolute atomic E-state index is 0.0110. The number of amides is 1. The van der Waals surface area contributed by atoms with E-state index in [1.165, 1.54) is 6.33 Å². The number of likely N-dealkylation sites (N-methyl/N-ethyl adjacent to an activating group) is 1. The van der Waals surface area contributed by atoms with Gasteiger partial charge in [-0.25, -0.2) is 19.9 Å². The average Bonchev–Trinajstić information content (AvgIpc) is 2.75. The van der Waals surface area contributed by atoms with Gasteiger partial charge < -0.3 is 19.6 Å². The molecule has 0 aliphatic carbocycles. The zero-order chi connectivity index (χ0) is 18.6. The van der Waals surface area contributed by atoms with Crippen molar-refractivity contribution in [3.63, 3.8) is 0 Å². The van der Waals surface area contributed by atoms with Crippen LogP contribution in [-0.2, 0) is 0 Å². The van der Waals surface area contributed by atoms with Crippen molar-refractivity contribution < 1.29 is 4.79 Å². The molecule has 2 aliphatic heterocycles. The Morgan fingerprint density at radius 1 is 0.852 bits per heavy atom. The molecule has 27 heavy (non-hydrogen) atoms. The summed E-state index contributed by atoms with van der Waals surface area (Å²) in [7, 11) is 2.07. The number of hydrogen-bond acceptors (Lipinski definition) is 8. The van der Waals surface area contributed by atoms with Crippen LogP contribution < -0.4 is 9.80 Å².